The topological polar surface area (TPSA) is 0 Å². The Morgan fingerprint density at radius 1 is 1.00 bits per heavy atom. The van der Waals surface area contributed by atoms with E-state index < -0.39 is 0 Å². The van der Waals surface area contributed by atoms with E-state index in [1.54, 1.807) is 6.08 Å². The second-order valence-corrected chi connectivity index (χ2v) is 5.11. The first-order chi connectivity index (χ1) is 9.44. The van der Waals surface area contributed by atoms with Crippen molar-refractivity contribution in [2.24, 2.45) is 0 Å². The summed E-state index contributed by atoms with van der Waals surface area (Å²) in [5.74, 6) is 0. The van der Waals surface area contributed by atoms with Gasteiger partial charge < -0.3 is 0 Å². The maximum atomic E-state index is 3.98. The second-order valence-electron chi connectivity index (χ2n) is 5.11. The lowest BCUT2D eigenvalue weighted by atomic mass is 9.82. The van der Waals surface area contributed by atoms with E-state index in [2.05, 4.69) is 61.7 Å². The summed E-state index contributed by atoms with van der Waals surface area (Å²) in [4.78, 5) is 0. The molecular weight excluding hydrogens is 239 g/mol. The number of hydrogen-bond acceptors (Lipinski definition) is 0. The molecule has 0 aliphatic heterocycles. The van der Waals surface area contributed by atoms with Crippen molar-refractivity contribution in [1.29, 1.82) is 0 Å². The smallest absolute Gasteiger partial charge is 0.107 e. The molecule has 0 aromatic carbocycles. The average molecular weight is 268 g/mol. The minimum absolute atomic E-state index is 1.05. The zero-order valence-corrected chi connectivity index (χ0v) is 14.1. The van der Waals surface area contributed by atoms with Crippen molar-refractivity contribution in [3.05, 3.63) is 70.8 Å². The molecule has 0 bridgehead atoms. The van der Waals surface area contributed by atoms with Crippen molar-refractivity contribution in [3.8, 4) is 0 Å². The monoisotopic (exact) mass is 268 g/mol. The number of rotatable bonds is 7. The molecule has 0 aromatic heterocycles. The Hall–Kier alpha value is -1.50. The van der Waals surface area contributed by atoms with E-state index in [0.717, 1.165) is 12.8 Å². The highest BCUT2D eigenvalue weighted by Crippen LogP contribution is 2.28. The molecule has 0 amide bonds. The van der Waals surface area contributed by atoms with Crippen LogP contribution in [0.1, 0.15) is 47.5 Å². The van der Waals surface area contributed by atoms with Gasteiger partial charge in [0.1, 0.15) is 7.85 Å². The first kappa shape index (κ1) is 18.5. The molecule has 0 aliphatic rings. The van der Waals surface area contributed by atoms with E-state index >= 15 is 0 Å². The first-order valence-corrected chi connectivity index (χ1v) is 7.43. The summed E-state index contributed by atoms with van der Waals surface area (Å²) < 4.78 is 0. The molecule has 0 unspecified atom stereocenters. The highest BCUT2D eigenvalue weighted by atomic mass is 14.1. The lowest BCUT2D eigenvalue weighted by Gasteiger charge is -2.16. The molecule has 0 aliphatic carbocycles. The summed E-state index contributed by atoms with van der Waals surface area (Å²) in [5, 5.41) is 0. The lowest BCUT2D eigenvalue weighted by Crippen LogP contribution is -1.98. The maximum absolute atomic E-state index is 3.98. The average Bonchev–Trinajstić information content (AvgIpc) is 2.45. The molecule has 0 N–H and O–H groups in total. The Morgan fingerprint density at radius 2 is 1.60 bits per heavy atom. The van der Waals surface area contributed by atoms with Gasteiger partial charge in [0.25, 0.3) is 0 Å². The van der Waals surface area contributed by atoms with E-state index in [9.17, 15) is 0 Å². The van der Waals surface area contributed by atoms with Crippen LogP contribution in [0, 0.1) is 0 Å². The van der Waals surface area contributed by atoms with Gasteiger partial charge >= 0.3 is 0 Å². The van der Waals surface area contributed by atoms with Gasteiger partial charge in [-0.15, -0.1) is 5.47 Å². The quantitative estimate of drug-likeness (QED) is 0.435. The number of hydrogen-bond donors (Lipinski definition) is 0. The minimum Gasteiger partial charge on any atom is -0.107 e. The van der Waals surface area contributed by atoms with Crippen LogP contribution in [0.5, 0.6) is 0 Å². The van der Waals surface area contributed by atoms with Crippen LogP contribution >= 0.6 is 0 Å². The third kappa shape index (κ3) is 4.88. The molecule has 0 rings (SSSR count). The van der Waals surface area contributed by atoms with Gasteiger partial charge in [0, 0.05) is 0 Å². The molecule has 0 atom stereocenters. The van der Waals surface area contributed by atoms with Crippen molar-refractivity contribution in [2.45, 2.75) is 47.5 Å². The lowest BCUT2D eigenvalue weighted by molar-refractivity contribution is 1.04. The Labute approximate surface area is 126 Å². The summed E-state index contributed by atoms with van der Waals surface area (Å²) >= 11 is 0. The van der Waals surface area contributed by atoms with Crippen LogP contribution in [-0.4, -0.2) is 7.85 Å². The van der Waals surface area contributed by atoms with Crippen LogP contribution in [0.3, 0.4) is 0 Å². The Bertz CT molecular complexity index is 482. The van der Waals surface area contributed by atoms with Gasteiger partial charge in [0.15, 0.2) is 0 Å². The van der Waals surface area contributed by atoms with Crippen molar-refractivity contribution >= 4 is 7.85 Å². The molecule has 0 aromatic rings. The Balaban J connectivity index is 6.03. The molecule has 0 saturated heterocycles. The largest absolute Gasteiger partial charge is 0.134 e. The van der Waals surface area contributed by atoms with Crippen molar-refractivity contribution < 1.29 is 0 Å². The van der Waals surface area contributed by atoms with E-state index in [1.807, 2.05) is 12.2 Å². The SMILES string of the molecule is B/C(CC)=C(C)/C(CC)=C(C)/C(C=C)=C(C)/C=C\C=C. The summed E-state index contributed by atoms with van der Waals surface area (Å²) in [6.45, 7) is 18.7. The fourth-order valence-corrected chi connectivity index (χ4v) is 2.41. The van der Waals surface area contributed by atoms with Gasteiger partial charge in [-0.3, -0.25) is 0 Å². The summed E-state index contributed by atoms with van der Waals surface area (Å²) in [5.41, 5.74) is 8.11. The van der Waals surface area contributed by atoms with Crippen LogP contribution in [0.2, 0.25) is 0 Å². The molecule has 108 valence electrons. The summed E-state index contributed by atoms with van der Waals surface area (Å²) in [7, 11) is 2.22. The summed E-state index contributed by atoms with van der Waals surface area (Å²) in [6.07, 6.45) is 9.97. The fraction of sp³-hybridized carbons (Fsp3) is 0.368. The van der Waals surface area contributed by atoms with Crippen LogP contribution in [0.15, 0.2) is 70.8 Å². The third-order valence-corrected chi connectivity index (χ3v) is 3.94. The molecule has 20 heavy (non-hydrogen) atoms. The molecule has 0 nitrogen and oxygen atoms in total. The van der Waals surface area contributed by atoms with Crippen LogP contribution in [-0.2, 0) is 0 Å². The molecule has 0 heterocycles. The zero-order valence-electron chi connectivity index (χ0n) is 14.1. The molecular formula is C19H29B. The standard InChI is InChI=1S/C19H29B/c1-8-12-13-14(5)17(9-2)15(6)18(10-3)16(7)19(20)11-4/h8-9,12-13H,1-2,10-11,20H2,3-7H3/b13-12-,17-14+,18-15+,19-16+. The second kappa shape index (κ2) is 9.42. The zero-order chi connectivity index (χ0) is 15.7. The molecule has 0 fully saturated rings. The number of allylic oxidation sites excluding steroid dienone is 10. The van der Waals surface area contributed by atoms with Crippen molar-refractivity contribution in [3.63, 3.8) is 0 Å². The normalized spacial score (nSPS) is 15.4. The van der Waals surface area contributed by atoms with E-state index in [0.29, 0.717) is 0 Å². The van der Waals surface area contributed by atoms with Crippen molar-refractivity contribution in [1.82, 2.24) is 0 Å². The van der Waals surface area contributed by atoms with Gasteiger partial charge in [-0.25, -0.2) is 0 Å². The molecule has 0 saturated carbocycles. The molecule has 0 spiro atoms. The highest BCUT2D eigenvalue weighted by Gasteiger charge is 2.09. The van der Waals surface area contributed by atoms with Gasteiger partial charge in [-0.2, -0.15) is 0 Å². The van der Waals surface area contributed by atoms with Gasteiger partial charge in [-0.05, 0) is 55.9 Å². The van der Waals surface area contributed by atoms with E-state index in [1.165, 1.54) is 33.3 Å². The van der Waals surface area contributed by atoms with Crippen LogP contribution < -0.4 is 0 Å². The van der Waals surface area contributed by atoms with E-state index in [4.69, 9.17) is 0 Å². The summed E-state index contributed by atoms with van der Waals surface area (Å²) in [6, 6.07) is 0. The van der Waals surface area contributed by atoms with Crippen LogP contribution in [0.4, 0.5) is 0 Å². The van der Waals surface area contributed by atoms with E-state index in [-0.39, 0.29) is 0 Å². The fourth-order valence-electron chi connectivity index (χ4n) is 2.41. The van der Waals surface area contributed by atoms with Crippen LogP contribution in [0.25, 0.3) is 0 Å². The van der Waals surface area contributed by atoms with Gasteiger partial charge in [-0.1, -0.05) is 56.9 Å². The minimum atomic E-state index is 1.05. The third-order valence-electron chi connectivity index (χ3n) is 3.94. The van der Waals surface area contributed by atoms with Gasteiger partial charge in [0.2, 0.25) is 0 Å². The van der Waals surface area contributed by atoms with Gasteiger partial charge in [0.05, 0.1) is 0 Å². The Morgan fingerprint density at radius 3 is 2.00 bits per heavy atom. The maximum Gasteiger partial charge on any atom is 0.134 e. The first-order valence-electron chi connectivity index (χ1n) is 7.43. The Kier molecular flexibility index (Phi) is 8.71. The predicted octanol–water partition coefficient (Wildman–Crippen LogP) is 5.27. The molecule has 1 heteroatoms. The molecule has 0 radical (unpaired) electrons. The highest BCUT2D eigenvalue weighted by molar-refractivity contribution is 6.22. The predicted molar refractivity (Wildman–Crippen MR) is 96.8 cm³/mol. The van der Waals surface area contributed by atoms with Crippen molar-refractivity contribution in [2.75, 3.05) is 0 Å².